The van der Waals surface area contributed by atoms with Crippen LogP contribution in [0.1, 0.15) is 21.9 Å². The van der Waals surface area contributed by atoms with Crippen molar-refractivity contribution < 1.29 is 19.4 Å². The minimum atomic E-state index is -1.09. The molecule has 0 saturated heterocycles. The minimum absolute atomic E-state index is 0.160. The van der Waals surface area contributed by atoms with Crippen molar-refractivity contribution in [3.8, 4) is 5.75 Å². The first-order valence-electron chi connectivity index (χ1n) is 9.02. The van der Waals surface area contributed by atoms with Gasteiger partial charge in [0.25, 0.3) is 0 Å². The van der Waals surface area contributed by atoms with Crippen LogP contribution in [0.5, 0.6) is 5.75 Å². The maximum Gasteiger partial charge on any atom is 0.317 e. The predicted molar refractivity (Wildman–Crippen MR) is 109 cm³/mol. The van der Waals surface area contributed by atoms with Gasteiger partial charge in [0, 0.05) is 16.4 Å². The lowest BCUT2D eigenvalue weighted by Crippen LogP contribution is -2.44. The Morgan fingerprint density at radius 1 is 1.07 bits per heavy atom. The summed E-state index contributed by atoms with van der Waals surface area (Å²) in [5, 5.41) is 9.45. The number of aromatic nitrogens is 1. The summed E-state index contributed by atoms with van der Waals surface area (Å²) < 4.78 is 7.05. The van der Waals surface area contributed by atoms with E-state index in [1.165, 1.54) is 0 Å². The van der Waals surface area contributed by atoms with Crippen LogP contribution in [0.2, 0.25) is 0 Å². The molecule has 146 valence electrons. The molecule has 29 heavy (non-hydrogen) atoms. The average Bonchev–Trinajstić information content (AvgIpc) is 3.03. The third-order valence-corrected chi connectivity index (χ3v) is 7.85. The van der Waals surface area contributed by atoms with Gasteiger partial charge in [0.05, 0.1) is 17.5 Å². The molecule has 5 rings (SSSR count). The predicted octanol–water partition coefficient (Wildman–Crippen LogP) is 3.18. The van der Waals surface area contributed by atoms with E-state index >= 15 is 0 Å². The lowest BCUT2D eigenvalue weighted by atomic mass is 9.80. The van der Waals surface area contributed by atoms with Gasteiger partial charge in [-0.25, -0.2) is 0 Å². The van der Waals surface area contributed by atoms with Gasteiger partial charge in [0.1, 0.15) is 11.0 Å². The highest BCUT2D eigenvalue weighted by atomic mass is 32.2. The van der Waals surface area contributed by atoms with Gasteiger partial charge in [-0.2, -0.15) is 0 Å². The largest absolute Gasteiger partial charge is 0.480 e. The monoisotopic (exact) mass is 425 g/mol. The van der Waals surface area contributed by atoms with Crippen LogP contribution in [-0.4, -0.2) is 26.9 Å². The van der Waals surface area contributed by atoms with Crippen LogP contribution in [0, 0.1) is 5.92 Å². The molecule has 2 aliphatic rings. The van der Waals surface area contributed by atoms with Crippen molar-refractivity contribution in [2.75, 3.05) is 0 Å². The number of nitrogens with zero attached hydrogens (tertiary/aromatic N) is 1. The number of benzene rings is 2. The number of carboxylic acid groups (broad SMARTS) is 1. The number of esters is 1. The molecule has 6 nitrogen and oxygen atoms in total. The van der Waals surface area contributed by atoms with Crippen molar-refractivity contribution in [2.24, 2.45) is 5.92 Å². The number of rotatable bonds is 3. The van der Waals surface area contributed by atoms with Gasteiger partial charge >= 0.3 is 16.8 Å². The summed E-state index contributed by atoms with van der Waals surface area (Å²) in [6, 6.07) is 16.7. The Balaban J connectivity index is 1.70. The van der Waals surface area contributed by atoms with Crippen molar-refractivity contribution in [1.29, 1.82) is 0 Å². The molecule has 0 fully saturated rings. The number of carboxylic acids is 1. The quantitative estimate of drug-likeness (QED) is 0.512. The minimum Gasteiger partial charge on any atom is -0.480 e. The standard InChI is InChI=1S/C21H15NO5S2/c23-19(24)17-15-14(12-8-4-5-9-13(12)27-20(15)25)16-18(28-17)22(21(26)29-16)10-11-6-2-1-3-7-11/h1-9,14-15,17H,10H2,(H,23,24)/t14-,15-,17-/m0/s1. The molecule has 0 radical (unpaired) electrons. The fraction of sp³-hybridized carbons (Fsp3) is 0.190. The fourth-order valence-electron chi connectivity index (χ4n) is 3.97. The number of hydrogen-bond acceptors (Lipinski definition) is 6. The number of carbonyl (C=O) groups excluding carboxylic acids is 1. The lowest BCUT2D eigenvalue weighted by molar-refractivity contribution is -0.147. The molecule has 0 amide bonds. The van der Waals surface area contributed by atoms with Crippen LogP contribution in [-0.2, 0) is 16.1 Å². The third kappa shape index (κ3) is 2.90. The second-order valence-corrected chi connectivity index (χ2v) is 9.07. The first kappa shape index (κ1) is 18.2. The molecule has 3 heterocycles. The Hall–Kier alpha value is -2.84. The molecule has 0 unspecified atom stereocenters. The maximum absolute atomic E-state index is 12.9. The Morgan fingerprint density at radius 2 is 1.79 bits per heavy atom. The molecule has 0 spiro atoms. The smallest absolute Gasteiger partial charge is 0.317 e. The van der Waals surface area contributed by atoms with Gasteiger partial charge < -0.3 is 9.84 Å². The van der Waals surface area contributed by atoms with Gasteiger partial charge in [0.15, 0.2) is 0 Å². The molecule has 3 atom stereocenters. The normalized spacial score (nSPS) is 22.2. The summed E-state index contributed by atoms with van der Waals surface area (Å²) in [5.74, 6) is -2.59. The van der Waals surface area contributed by atoms with Crippen LogP contribution in [0.4, 0.5) is 0 Å². The Labute approximate surface area is 173 Å². The lowest BCUT2D eigenvalue weighted by Gasteiger charge is -2.37. The van der Waals surface area contributed by atoms with E-state index in [4.69, 9.17) is 4.74 Å². The Bertz CT molecular complexity index is 1180. The second-order valence-electron chi connectivity index (χ2n) is 6.95. The van der Waals surface area contributed by atoms with E-state index in [0.717, 1.165) is 39.1 Å². The van der Waals surface area contributed by atoms with Crippen molar-refractivity contribution in [3.05, 3.63) is 80.3 Å². The molecule has 0 saturated carbocycles. The second kappa shape index (κ2) is 6.89. The molecule has 2 aromatic carbocycles. The van der Waals surface area contributed by atoms with Crippen LogP contribution in [0.25, 0.3) is 0 Å². The zero-order chi connectivity index (χ0) is 20.1. The first-order chi connectivity index (χ1) is 14.0. The fourth-order valence-corrected chi connectivity index (χ4v) is 6.62. The van der Waals surface area contributed by atoms with Crippen molar-refractivity contribution in [2.45, 2.75) is 22.7 Å². The molecule has 8 heteroatoms. The number of para-hydroxylation sites is 1. The topological polar surface area (TPSA) is 85.6 Å². The van der Waals surface area contributed by atoms with E-state index in [0.29, 0.717) is 17.3 Å². The molecule has 1 N–H and O–H groups in total. The summed E-state index contributed by atoms with van der Waals surface area (Å²) in [7, 11) is 0. The van der Waals surface area contributed by atoms with E-state index in [1.54, 1.807) is 16.7 Å². The number of fused-ring (bicyclic) bond motifs is 5. The van der Waals surface area contributed by atoms with Crippen molar-refractivity contribution in [3.63, 3.8) is 0 Å². The summed E-state index contributed by atoms with van der Waals surface area (Å²) >= 11 is 2.16. The summed E-state index contributed by atoms with van der Waals surface area (Å²) in [5.41, 5.74) is 1.70. The molecule has 2 aliphatic heterocycles. The van der Waals surface area contributed by atoms with E-state index < -0.39 is 29.0 Å². The molecule has 1 aromatic heterocycles. The molecule has 0 bridgehead atoms. The van der Waals surface area contributed by atoms with Crippen LogP contribution in [0.3, 0.4) is 0 Å². The molecule has 0 aliphatic carbocycles. The van der Waals surface area contributed by atoms with Gasteiger partial charge in [-0.3, -0.25) is 19.0 Å². The number of ether oxygens (including phenoxy) is 1. The van der Waals surface area contributed by atoms with E-state index in [-0.39, 0.29) is 4.87 Å². The van der Waals surface area contributed by atoms with Crippen LogP contribution >= 0.6 is 23.1 Å². The molecule has 3 aromatic rings. The highest BCUT2D eigenvalue weighted by molar-refractivity contribution is 8.00. The highest BCUT2D eigenvalue weighted by Crippen LogP contribution is 2.54. The summed E-state index contributed by atoms with van der Waals surface area (Å²) in [6.45, 7) is 0.355. The van der Waals surface area contributed by atoms with Gasteiger partial charge in [-0.1, -0.05) is 71.6 Å². The van der Waals surface area contributed by atoms with E-state index in [9.17, 15) is 19.5 Å². The summed E-state index contributed by atoms with van der Waals surface area (Å²) in [4.78, 5) is 38.2. The SMILES string of the molecule is O=C1Oc2ccccc2[C@@H]2c3sc(=O)n(Cc4ccccc4)c3S[C@H](C(=O)O)[C@@H]12. The van der Waals surface area contributed by atoms with Crippen LogP contribution in [0.15, 0.2) is 64.4 Å². The zero-order valence-corrected chi connectivity index (χ0v) is 16.6. The zero-order valence-electron chi connectivity index (χ0n) is 15.0. The number of thioether (sulfide) groups is 1. The Kier molecular flexibility index (Phi) is 4.33. The number of hydrogen-bond donors (Lipinski definition) is 1. The Morgan fingerprint density at radius 3 is 2.55 bits per heavy atom. The molecular formula is C21H15NO5S2. The van der Waals surface area contributed by atoms with Gasteiger partial charge in [-0.15, -0.1) is 0 Å². The van der Waals surface area contributed by atoms with Gasteiger partial charge in [-0.05, 0) is 11.6 Å². The number of thiazole rings is 1. The number of aliphatic carboxylic acids is 1. The third-order valence-electron chi connectivity index (χ3n) is 5.24. The van der Waals surface area contributed by atoms with E-state index in [1.807, 2.05) is 42.5 Å². The first-order valence-corrected chi connectivity index (χ1v) is 10.7. The van der Waals surface area contributed by atoms with Gasteiger partial charge in [0.2, 0.25) is 0 Å². The van der Waals surface area contributed by atoms with Crippen LogP contribution < -0.4 is 9.61 Å². The number of carbonyl (C=O) groups is 2. The van der Waals surface area contributed by atoms with Crippen molar-refractivity contribution >= 4 is 35.0 Å². The van der Waals surface area contributed by atoms with Crippen molar-refractivity contribution in [1.82, 2.24) is 4.57 Å². The molecular weight excluding hydrogens is 410 g/mol. The van der Waals surface area contributed by atoms with E-state index in [2.05, 4.69) is 0 Å². The highest BCUT2D eigenvalue weighted by Gasteiger charge is 2.52. The summed E-state index contributed by atoms with van der Waals surface area (Å²) in [6.07, 6.45) is 0. The average molecular weight is 425 g/mol. The maximum atomic E-state index is 12.9.